The van der Waals surface area contributed by atoms with Crippen LogP contribution >= 0.6 is 23.4 Å². The van der Waals surface area contributed by atoms with Crippen LogP contribution in [0.2, 0.25) is 5.02 Å². The number of carbonyl (C=O) groups excluding carboxylic acids is 1. The zero-order valence-corrected chi connectivity index (χ0v) is 23.1. The molecule has 0 N–H and O–H groups in total. The van der Waals surface area contributed by atoms with Gasteiger partial charge in [-0.1, -0.05) is 23.4 Å². The van der Waals surface area contributed by atoms with Gasteiger partial charge in [-0.05, 0) is 115 Å². The smallest absolute Gasteiger partial charge is 0.193 e. The Hall–Kier alpha value is -3.58. The molecule has 0 aliphatic rings. The van der Waals surface area contributed by atoms with E-state index in [-0.39, 0.29) is 17.4 Å². The fourth-order valence-corrected chi connectivity index (χ4v) is 7.11. The van der Waals surface area contributed by atoms with Gasteiger partial charge in [0.25, 0.3) is 0 Å². The number of rotatable bonds is 8. The lowest BCUT2D eigenvalue weighted by Crippen LogP contribution is -2.05. The van der Waals surface area contributed by atoms with Crippen molar-refractivity contribution in [3.05, 3.63) is 143 Å². The van der Waals surface area contributed by atoms with Gasteiger partial charge in [0.2, 0.25) is 0 Å². The number of halogens is 3. The molecule has 5 rings (SSSR count). The maximum atomic E-state index is 13.6. The molecule has 5 aromatic carbocycles. The van der Waals surface area contributed by atoms with Crippen LogP contribution in [0.1, 0.15) is 15.9 Å². The van der Waals surface area contributed by atoms with Gasteiger partial charge in [0.05, 0.1) is 23.0 Å². The first kappa shape index (κ1) is 27.0. The molecule has 0 heterocycles. The van der Waals surface area contributed by atoms with Crippen LogP contribution in [0.5, 0.6) is 5.75 Å². The van der Waals surface area contributed by atoms with Crippen molar-refractivity contribution >= 4 is 40.0 Å². The Morgan fingerprint density at radius 1 is 0.692 bits per heavy atom. The van der Waals surface area contributed by atoms with Crippen LogP contribution in [0.25, 0.3) is 0 Å². The molecular weight excluding hydrogens is 554 g/mol. The Morgan fingerprint density at radius 2 is 1.18 bits per heavy atom. The number of methoxy groups -OCH3 is 1. The molecule has 2 nitrogen and oxygen atoms in total. The Kier molecular flexibility index (Phi) is 8.36. The molecule has 0 saturated heterocycles. The van der Waals surface area contributed by atoms with E-state index in [2.05, 4.69) is 0 Å². The number of ether oxygens (including phenoxy) is 1. The molecule has 0 aliphatic heterocycles. The molecule has 39 heavy (non-hydrogen) atoms. The fourth-order valence-electron chi connectivity index (χ4n) is 3.95. The molecule has 194 valence electrons. The van der Waals surface area contributed by atoms with Crippen molar-refractivity contribution in [1.82, 2.24) is 0 Å². The van der Waals surface area contributed by atoms with Crippen LogP contribution in [0.4, 0.5) is 8.78 Å². The van der Waals surface area contributed by atoms with Gasteiger partial charge in [0.1, 0.15) is 17.4 Å². The largest absolute Gasteiger partial charge is 0.497 e. The molecular formula is C32H22ClF2O2S2+. The fraction of sp³-hybridized carbons (Fsp3) is 0.0312. The number of carbonyl (C=O) groups is 1. The van der Waals surface area contributed by atoms with Crippen LogP contribution in [0, 0.1) is 11.6 Å². The summed E-state index contributed by atoms with van der Waals surface area (Å²) < 4.78 is 32.4. The van der Waals surface area contributed by atoms with E-state index in [4.69, 9.17) is 16.3 Å². The Balaban J connectivity index is 1.36. The highest BCUT2D eigenvalue weighted by Crippen LogP contribution is 2.37. The first-order valence-corrected chi connectivity index (χ1v) is 14.3. The first-order valence-electron chi connectivity index (χ1n) is 11.9. The Morgan fingerprint density at radius 3 is 1.67 bits per heavy atom. The SMILES string of the molecule is COc1ccc(C(=O)c2ccc(Sc3ccc([S+](c4ccc(F)cc4)c4ccc(F)cc4)cc3)c(Cl)c2)cc1. The van der Waals surface area contributed by atoms with Crippen LogP contribution < -0.4 is 4.74 Å². The second-order valence-corrected chi connectivity index (χ2v) is 12.0. The van der Waals surface area contributed by atoms with Gasteiger partial charge < -0.3 is 4.74 Å². The van der Waals surface area contributed by atoms with E-state index >= 15 is 0 Å². The van der Waals surface area contributed by atoms with E-state index in [0.29, 0.717) is 21.9 Å². The maximum absolute atomic E-state index is 13.6. The van der Waals surface area contributed by atoms with Crippen molar-refractivity contribution in [2.75, 3.05) is 7.11 Å². The third kappa shape index (κ3) is 6.36. The molecule has 0 amide bonds. The van der Waals surface area contributed by atoms with Gasteiger partial charge in [-0.3, -0.25) is 4.79 Å². The molecule has 0 fully saturated rings. The van der Waals surface area contributed by atoms with Crippen LogP contribution in [-0.4, -0.2) is 12.9 Å². The van der Waals surface area contributed by atoms with Crippen LogP contribution in [-0.2, 0) is 10.9 Å². The minimum Gasteiger partial charge on any atom is -0.497 e. The topological polar surface area (TPSA) is 26.3 Å². The van der Waals surface area contributed by atoms with Crippen molar-refractivity contribution in [3.63, 3.8) is 0 Å². The van der Waals surface area contributed by atoms with E-state index in [0.717, 1.165) is 24.5 Å². The summed E-state index contributed by atoms with van der Waals surface area (Å²) in [6.45, 7) is 0. The average Bonchev–Trinajstić information content (AvgIpc) is 2.97. The standard InChI is InChI=1S/C32H22ClF2O2S2/c1-37-25-9-2-21(3-10-25)32(36)22-4-19-31(30(33)20-22)38-26-11-17-29(18-12-26)39(27-13-5-23(34)6-14-27)28-15-7-24(35)8-16-28/h2-20H,1H3/q+1. The summed E-state index contributed by atoms with van der Waals surface area (Å²) in [5, 5.41) is 0.487. The normalized spacial score (nSPS) is 11.0. The lowest BCUT2D eigenvalue weighted by atomic mass is 10.0. The summed E-state index contributed by atoms with van der Waals surface area (Å²) in [4.78, 5) is 17.6. The molecule has 5 aromatic rings. The van der Waals surface area contributed by atoms with Crippen molar-refractivity contribution in [3.8, 4) is 5.75 Å². The van der Waals surface area contributed by atoms with Crippen molar-refractivity contribution < 1.29 is 18.3 Å². The van der Waals surface area contributed by atoms with E-state index in [1.54, 1.807) is 67.8 Å². The number of ketones is 1. The number of hydrogen-bond donors (Lipinski definition) is 0. The van der Waals surface area contributed by atoms with E-state index in [1.165, 1.54) is 36.0 Å². The van der Waals surface area contributed by atoms with Gasteiger partial charge >= 0.3 is 0 Å². The lowest BCUT2D eigenvalue weighted by molar-refractivity contribution is 0.103. The third-order valence-electron chi connectivity index (χ3n) is 5.93. The lowest BCUT2D eigenvalue weighted by Gasteiger charge is -2.10. The average molecular weight is 576 g/mol. The second kappa shape index (κ2) is 12.1. The highest BCUT2D eigenvalue weighted by molar-refractivity contribution is 7.99. The summed E-state index contributed by atoms with van der Waals surface area (Å²) in [5.41, 5.74) is 1.06. The van der Waals surface area contributed by atoms with Gasteiger partial charge in [-0.25, -0.2) is 8.78 Å². The summed E-state index contributed by atoms with van der Waals surface area (Å²) in [6, 6.07) is 33.1. The first-order chi connectivity index (χ1) is 18.9. The number of hydrogen-bond acceptors (Lipinski definition) is 3. The van der Waals surface area contributed by atoms with Gasteiger partial charge in [-0.15, -0.1) is 0 Å². The molecule has 7 heteroatoms. The van der Waals surface area contributed by atoms with Crippen molar-refractivity contribution in [2.24, 2.45) is 0 Å². The van der Waals surface area contributed by atoms with Gasteiger partial charge in [0.15, 0.2) is 20.5 Å². The minimum atomic E-state index is -0.533. The van der Waals surface area contributed by atoms with Crippen molar-refractivity contribution in [1.29, 1.82) is 0 Å². The predicted molar refractivity (Wildman–Crippen MR) is 153 cm³/mol. The molecule has 0 aliphatic carbocycles. The molecule has 0 radical (unpaired) electrons. The molecule has 0 spiro atoms. The van der Waals surface area contributed by atoms with Crippen LogP contribution in [0.3, 0.4) is 0 Å². The van der Waals surface area contributed by atoms with Gasteiger partial charge in [-0.2, -0.15) is 0 Å². The highest BCUT2D eigenvalue weighted by atomic mass is 35.5. The summed E-state index contributed by atoms with van der Waals surface area (Å²) in [7, 11) is 1.05. The van der Waals surface area contributed by atoms with Crippen LogP contribution in [0.15, 0.2) is 140 Å². The van der Waals surface area contributed by atoms with Gasteiger partial charge in [0, 0.05) is 20.9 Å². The molecule has 0 atom stereocenters. The molecule has 0 aromatic heterocycles. The Bertz CT molecular complexity index is 1540. The third-order valence-corrected chi connectivity index (χ3v) is 9.67. The summed E-state index contributed by atoms with van der Waals surface area (Å²) in [6.07, 6.45) is 0. The number of benzene rings is 5. The highest BCUT2D eigenvalue weighted by Gasteiger charge is 2.29. The maximum Gasteiger partial charge on any atom is 0.193 e. The molecule has 0 bridgehead atoms. The zero-order chi connectivity index (χ0) is 27.4. The predicted octanol–water partition coefficient (Wildman–Crippen LogP) is 9.10. The van der Waals surface area contributed by atoms with Crippen molar-refractivity contribution in [2.45, 2.75) is 24.5 Å². The Labute approximate surface area is 238 Å². The van der Waals surface area contributed by atoms with E-state index < -0.39 is 10.9 Å². The monoisotopic (exact) mass is 575 g/mol. The quantitative estimate of drug-likeness (QED) is 0.136. The van der Waals surface area contributed by atoms with E-state index in [1.807, 2.05) is 30.3 Å². The minimum absolute atomic E-state index is 0.117. The molecule has 0 unspecified atom stereocenters. The summed E-state index contributed by atoms with van der Waals surface area (Å²) >= 11 is 8.07. The molecule has 0 saturated carbocycles. The van der Waals surface area contributed by atoms with E-state index in [9.17, 15) is 13.6 Å². The zero-order valence-electron chi connectivity index (χ0n) is 20.7. The summed E-state index contributed by atoms with van der Waals surface area (Å²) in [5.74, 6) is -0.0397. The second-order valence-electron chi connectivity index (χ2n) is 8.49.